The zero-order valence-corrected chi connectivity index (χ0v) is 44.5. The Labute approximate surface area is 424 Å². The van der Waals surface area contributed by atoms with Crippen LogP contribution in [0.2, 0.25) is 0 Å². The van der Waals surface area contributed by atoms with Crippen LogP contribution in [0.25, 0.3) is 0 Å². The molecule has 0 aromatic carbocycles. The maximum absolute atomic E-state index is 12.9. The first-order chi connectivity index (χ1) is 34.0. The number of rotatable bonds is 49. The second-order valence-electron chi connectivity index (χ2n) is 18.2. The van der Waals surface area contributed by atoms with Gasteiger partial charge in [0, 0.05) is 19.3 Å². The van der Waals surface area contributed by atoms with Crippen molar-refractivity contribution in [3.63, 3.8) is 0 Å². The van der Waals surface area contributed by atoms with E-state index < -0.39 is 6.10 Å². The van der Waals surface area contributed by atoms with Gasteiger partial charge in [0.05, 0.1) is 0 Å². The Bertz CT molecular complexity index is 1470. The quantitative estimate of drug-likeness (QED) is 0.0199. The molecule has 0 aliphatic rings. The van der Waals surface area contributed by atoms with Crippen LogP contribution < -0.4 is 0 Å². The largest absolute Gasteiger partial charge is 0.462 e. The van der Waals surface area contributed by atoms with E-state index in [-0.39, 0.29) is 31.1 Å². The number of carbonyl (C=O) groups is 3. The second-order valence-corrected chi connectivity index (χ2v) is 18.2. The van der Waals surface area contributed by atoms with Crippen LogP contribution in [0.3, 0.4) is 0 Å². The van der Waals surface area contributed by atoms with Crippen LogP contribution in [0.1, 0.15) is 239 Å². The number of hydrogen-bond donors (Lipinski definition) is 0. The molecule has 69 heavy (non-hydrogen) atoms. The minimum atomic E-state index is -0.804. The number of hydrogen-bond acceptors (Lipinski definition) is 6. The lowest BCUT2D eigenvalue weighted by Crippen LogP contribution is -2.30. The molecule has 0 saturated carbocycles. The molecule has 390 valence electrons. The van der Waals surface area contributed by atoms with Gasteiger partial charge in [0.1, 0.15) is 13.2 Å². The van der Waals surface area contributed by atoms with Crippen LogP contribution in [0.4, 0.5) is 0 Å². The molecule has 1 atom stereocenters. The highest BCUT2D eigenvalue weighted by Gasteiger charge is 2.19. The lowest BCUT2D eigenvalue weighted by Gasteiger charge is -2.18. The van der Waals surface area contributed by atoms with E-state index in [1.54, 1.807) is 0 Å². The fourth-order valence-corrected chi connectivity index (χ4v) is 7.36. The van der Waals surface area contributed by atoms with E-state index >= 15 is 0 Å². The van der Waals surface area contributed by atoms with Gasteiger partial charge in [-0.3, -0.25) is 14.4 Å². The van der Waals surface area contributed by atoms with E-state index in [9.17, 15) is 14.4 Å². The van der Waals surface area contributed by atoms with Crippen molar-refractivity contribution in [2.24, 2.45) is 0 Å². The van der Waals surface area contributed by atoms with Crippen molar-refractivity contribution in [1.29, 1.82) is 0 Å². The number of unbranched alkanes of at least 4 members (excludes halogenated alkanes) is 21. The van der Waals surface area contributed by atoms with E-state index in [1.807, 2.05) is 0 Å². The van der Waals surface area contributed by atoms with Crippen LogP contribution in [0.5, 0.6) is 0 Å². The number of allylic oxidation sites excluding steroid dienone is 20. The molecule has 0 aliphatic carbocycles. The van der Waals surface area contributed by atoms with Gasteiger partial charge in [0.2, 0.25) is 0 Å². The fraction of sp³-hybridized carbons (Fsp3) is 0.635. The summed E-state index contributed by atoms with van der Waals surface area (Å²) in [4.78, 5) is 38.2. The first-order valence-electron chi connectivity index (χ1n) is 28.1. The molecular formula is C63H102O6. The molecule has 6 heteroatoms. The van der Waals surface area contributed by atoms with Crippen LogP contribution in [-0.2, 0) is 28.6 Å². The topological polar surface area (TPSA) is 78.9 Å². The van der Waals surface area contributed by atoms with Gasteiger partial charge in [-0.15, -0.1) is 0 Å². The number of ether oxygens (including phenoxy) is 3. The summed E-state index contributed by atoms with van der Waals surface area (Å²) in [6.45, 7) is 6.34. The fourth-order valence-electron chi connectivity index (χ4n) is 7.36. The summed E-state index contributed by atoms with van der Waals surface area (Å²) in [7, 11) is 0. The van der Waals surface area contributed by atoms with Crippen LogP contribution in [0.15, 0.2) is 122 Å². The molecule has 0 aromatic rings. The summed E-state index contributed by atoms with van der Waals surface area (Å²) in [6.07, 6.45) is 77.5. The van der Waals surface area contributed by atoms with Crippen molar-refractivity contribution in [3.8, 4) is 0 Å². The highest BCUT2D eigenvalue weighted by Crippen LogP contribution is 2.14. The molecule has 0 bridgehead atoms. The van der Waals surface area contributed by atoms with Crippen LogP contribution in [0, 0.1) is 0 Å². The Balaban J connectivity index is 4.49. The number of carbonyl (C=O) groups excluding carboxylic acids is 3. The van der Waals surface area contributed by atoms with Crippen molar-refractivity contribution in [3.05, 3.63) is 122 Å². The average Bonchev–Trinajstić information content (AvgIpc) is 3.35. The summed E-state index contributed by atoms with van der Waals surface area (Å²) < 4.78 is 16.8. The summed E-state index contributed by atoms with van der Waals surface area (Å²) >= 11 is 0. The van der Waals surface area contributed by atoms with E-state index in [0.717, 1.165) is 141 Å². The summed E-state index contributed by atoms with van der Waals surface area (Å²) in [6, 6.07) is 0. The average molecular weight is 956 g/mol. The van der Waals surface area contributed by atoms with Gasteiger partial charge >= 0.3 is 17.9 Å². The summed E-state index contributed by atoms with van der Waals surface area (Å²) in [5.74, 6) is -0.948. The molecule has 0 rings (SSSR count). The maximum atomic E-state index is 12.9. The molecule has 0 N–H and O–H groups in total. The normalized spacial score (nSPS) is 13.0. The lowest BCUT2D eigenvalue weighted by atomic mass is 10.1. The lowest BCUT2D eigenvalue weighted by molar-refractivity contribution is -0.167. The minimum absolute atomic E-state index is 0.0999. The van der Waals surface area contributed by atoms with Crippen LogP contribution >= 0.6 is 0 Å². The molecule has 0 radical (unpaired) electrons. The molecule has 1 unspecified atom stereocenters. The Kier molecular flexibility index (Phi) is 53.0. The van der Waals surface area contributed by atoms with Gasteiger partial charge in [-0.1, -0.05) is 232 Å². The van der Waals surface area contributed by atoms with Crippen molar-refractivity contribution in [2.75, 3.05) is 13.2 Å². The van der Waals surface area contributed by atoms with Gasteiger partial charge in [-0.2, -0.15) is 0 Å². The van der Waals surface area contributed by atoms with Gasteiger partial charge in [-0.05, 0) is 109 Å². The van der Waals surface area contributed by atoms with Gasteiger partial charge in [0.25, 0.3) is 0 Å². The SMILES string of the molecule is CC/C=C\C/C=C\C/C=C\C/C=C\CCCCCCCCC(=O)OCC(COC(=O)CCCCCCCCC/C=C\C/C=C\CC)OC(=O)CCCCCCC\C=C/C=C\C=C/C=C\CCCCC. The number of esters is 3. The predicted molar refractivity (Wildman–Crippen MR) is 297 cm³/mol. The van der Waals surface area contributed by atoms with E-state index in [1.165, 1.54) is 57.8 Å². The molecular weight excluding hydrogens is 853 g/mol. The van der Waals surface area contributed by atoms with Crippen LogP contribution in [-0.4, -0.2) is 37.2 Å². The Morgan fingerprint density at radius 3 is 1.01 bits per heavy atom. The summed E-state index contributed by atoms with van der Waals surface area (Å²) in [5, 5.41) is 0. The Hall–Kier alpha value is -4.19. The molecule has 0 aliphatic heterocycles. The highest BCUT2D eigenvalue weighted by molar-refractivity contribution is 5.71. The highest BCUT2D eigenvalue weighted by atomic mass is 16.6. The van der Waals surface area contributed by atoms with E-state index in [0.29, 0.717) is 19.3 Å². The monoisotopic (exact) mass is 955 g/mol. The minimum Gasteiger partial charge on any atom is -0.462 e. The first-order valence-corrected chi connectivity index (χ1v) is 28.1. The predicted octanol–water partition coefficient (Wildman–Crippen LogP) is 18.9. The van der Waals surface area contributed by atoms with E-state index in [4.69, 9.17) is 14.2 Å². The third-order valence-electron chi connectivity index (χ3n) is 11.5. The van der Waals surface area contributed by atoms with Gasteiger partial charge in [0.15, 0.2) is 6.10 Å². The second kappa shape index (κ2) is 56.4. The molecule has 0 spiro atoms. The maximum Gasteiger partial charge on any atom is 0.306 e. The van der Waals surface area contributed by atoms with Crippen molar-refractivity contribution in [1.82, 2.24) is 0 Å². The first kappa shape index (κ1) is 64.8. The molecule has 0 saturated heterocycles. The zero-order chi connectivity index (χ0) is 50.0. The standard InChI is InChI=1S/C63H102O6/c1-4-7-10-13-16-19-22-25-28-30-32-34-35-38-41-44-47-50-53-56-62(65)68-59-60(58-67-61(64)55-52-49-46-43-40-37-27-24-21-18-15-12-9-6-3)69-63(66)57-54-51-48-45-42-39-36-33-31-29-26-23-20-17-14-11-8-5-2/h7,9-10,12,16-21,23,25-26,28-29,31-34,36,60H,4-6,8,11,13-15,22,24,27,30,35,37-59H2,1-3H3/b10-7-,12-9-,19-16-,20-17-,21-18-,26-23-,28-25-,31-29-,34-32-,36-33-. The van der Waals surface area contributed by atoms with Gasteiger partial charge in [-0.25, -0.2) is 0 Å². The molecule has 0 aromatic heterocycles. The molecule has 0 fully saturated rings. The zero-order valence-electron chi connectivity index (χ0n) is 44.5. The summed E-state index contributed by atoms with van der Waals surface area (Å²) in [5.41, 5.74) is 0. The molecule has 0 heterocycles. The smallest absolute Gasteiger partial charge is 0.306 e. The molecule has 0 amide bonds. The third-order valence-corrected chi connectivity index (χ3v) is 11.5. The third kappa shape index (κ3) is 54.6. The van der Waals surface area contributed by atoms with Gasteiger partial charge < -0.3 is 14.2 Å². The van der Waals surface area contributed by atoms with E-state index in [2.05, 4.69) is 142 Å². The van der Waals surface area contributed by atoms with Crippen molar-refractivity contribution < 1.29 is 28.6 Å². The Morgan fingerprint density at radius 1 is 0.319 bits per heavy atom. The van der Waals surface area contributed by atoms with Crippen molar-refractivity contribution in [2.45, 2.75) is 245 Å². The molecule has 6 nitrogen and oxygen atoms in total. The Morgan fingerprint density at radius 2 is 0.623 bits per heavy atom. The van der Waals surface area contributed by atoms with Crippen molar-refractivity contribution >= 4 is 17.9 Å².